The van der Waals surface area contributed by atoms with Gasteiger partial charge >= 0.3 is 0 Å². The normalized spacial score (nSPS) is 14.9. The van der Waals surface area contributed by atoms with Crippen LogP contribution in [0, 0.1) is 0 Å². The Labute approximate surface area is 161 Å². The highest BCUT2D eigenvalue weighted by atomic mass is 16.5. The Morgan fingerprint density at radius 3 is 2.59 bits per heavy atom. The minimum Gasteiger partial charge on any atom is -0.497 e. The molecule has 0 unspecified atom stereocenters. The maximum atomic E-state index is 6.16. The fourth-order valence-electron chi connectivity index (χ4n) is 3.29. The van der Waals surface area contributed by atoms with Gasteiger partial charge < -0.3 is 20.5 Å². The molecule has 2 aromatic rings. The van der Waals surface area contributed by atoms with Crippen LogP contribution in [0.15, 0.2) is 53.5 Å². The van der Waals surface area contributed by atoms with E-state index in [-0.39, 0.29) is 0 Å². The predicted molar refractivity (Wildman–Crippen MR) is 109 cm³/mol. The van der Waals surface area contributed by atoms with E-state index in [0.29, 0.717) is 18.6 Å². The van der Waals surface area contributed by atoms with Crippen molar-refractivity contribution in [1.82, 2.24) is 5.32 Å². The maximum Gasteiger partial charge on any atom is 0.188 e. The number of para-hydroxylation sites is 1. The molecule has 3 N–H and O–H groups in total. The molecule has 0 saturated heterocycles. The molecular weight excluding hydrogens is 338 g/mol. The molecule has 0 radical (unpaired) electrons. The zero-order chi connectivity index (χ0) is 18.9. The Bertz CT molecular complexity index is 737. The van der Waals surface area contributed by atoms with Gasteiger partial charge in [0, 0.05) is 12.1 Å². The first-order chi connectivity index (χ1) is 13.2. The molecule has 0 aromatic heterocycles. The highest BCUT2D eigenvalue weighted by molar-refractivity contribution is 5.77. The van der Waals surface area contributed by atoms with Gasteiger partial charge in [0.25, 0.3) is 0 Å². The molecule has 144 valence electrons. The van der Waals surface area contributed by atoms with E-state index in [1.807, 2.05) is 30.3 Å². The second-order valence-electron chi connectivity index (χ2n) is 6.86. The van der Waals surface area contributed by atoms with Crippen molar-refractivity contribution in [2.45, 2.75) is 44.8 Å². The van der Waals surface area contributed by atoms with Crippen molar-refractivity contribution in [2.24, 2.45) is 10.7 Å². The number of nitrogens with one attached hydrogen (secondary N) is 1. The quantitative estimate of drug-likeness (QED) is 0.552. The van der Waals surface area contributed by atoms with E-state index < -0.39 is 0 Å². The monoisotopic (exact) mass is 367 g/mol. The number of hydrogen-bond acceptors (Lipinski definition) is 3. The van der Waals surface area contributed by atoms with Gasteiger partial charge in [-0.3, -0.25) is 0 Å². The van der Waals surface area contributed by atoms with Gasteiger partial charge in [-0.1, -0.05) is 30.3 Å². The van der Waals surface area contributed by atoms with Crippen LogP contribution in [0.2, 0.25) is 0 Å². The summed E-state index contributed by atoms with van der Waals surface area (Å²) in [6, 6.07) is 16.2. The van der Waals surface area contributed by atoms with E-state index in [9.17, 15) is 0 Å². The number of benzene rings is 2. The fourth-order valence-corrected chi connectivity index (χ4v) is 3.29. The molecule has 2 aromatic carbocycles. The molecule has 0 aliphatic heterocycles. The van der Waals surface area contributed by atoms with Crippen LogP contribution in [-0.2, 0) is 13.0 Å². The summed E-state index contributed by atoms with van der Waals surface area (Å²) in [4.78, 5) is 4.47. The third kappa shape index (κ3) is 5.91. The molecule has 0 atom stereocenters. The predicted octanol–water partition coefficient (Wildman–Crippen LogP) is 3.66. The van der Waals surface area contributed by atoms with Crippen LogP contribution in [0.25, 0.3) is 0 Å². The summed E-state index contributed by atoms with van der Waals surface area (Å²) >= 11 is 0. The molecule has 0 heterocycles. The summed E-state index contributed by atoms with van der Waals surface area (Å²) in [6.45, 7) is 1.26. The van der Waals surface area contributed by atoms with Gasteiger partial charge in [0.2, 0.25) is 0 Å². The van der Waals surface area contributed by atoms with Crippen LogP contribution in [0.5, 0.6) is 11.5 Å². The molecule has 0 amide bonds. The van der Waals surface area contributed by atoms with Crippen LogP contribution in [0.4, 0.5) is 0 Å². The van der Waals surface area contributed by atoms with Gasteiger partial charge in [0.15, 0.2) is 5.96 Å². The number of hydrogen-bond donors (Lipinski definition) is 2. The number of aliphatic imine (C=N–C) groups is 1. The van der Waals surface area contributed by atoms with Crippen LogP contribution in [-0.4, -0.2) is 25.7 Å². The first-order valence-electron chi connectivity index (χ1n) is 9.66. The summed E-state index contributed by atoms with van der Waals surface area (Å²) in [6.07, 6.45) is 6.03. The zero-order valence-electron chi connectivity index (χ0n) is 16.0. The number of ether oxygens (including phenoxy) is 2. The van der Waals surface area contributed by atoms with Crippen LogP contribution < -0.4 is 20.5 Å². The third-order valence-electron chi connectivity index (χ3n) is 4.87. The van der Waals surface area contributed by atoms with Crippen molar-refractivity contribution in [1.29, 1.82) is 0 Å². The highest BCUT2D eigenvalue weighted by Crippen LogP contribution is 2.27. The topological polar surface area (TPSA) is 68.9 Å². The summed E-state index contributed by atoms with van der Waals surface area (Å²) in [5, 5.41) is 3.18. The SMILES string of the molecule is COc1ccc(CCNC(N)=NCc2ccccc2OC2CCCC2)cc1. The first kappa shape index (κ1) is 19.1. The zero-order valence-corrected chi connectivity index (χ0v) is 16.0. The smallest absolute Gasteiger partial charge is 0.188 e. The van der Waals surface area contributed by atoms with Crippen molar-refractivity contribution >= 4 is 5.96 Å². The number of nitrogens with zero attached hydrogens (tertiary/aromatic N) is 1. The van der Waals surface area contributed by atoms with Gasteiger partial charge in [-0.05, 0) is 55.9 Å². The standard InChI is InChI=1S/C22H29N3O2/c1-26-19-12-10-17(11-13-19)14-15-24-22(23)25-16-18-6-2-5-9-21(18)27-20-7-3-4-8-20/h2,5-6,9-13,20H,3-4,7-8,14-16H2,1H3,(H3,23,24,25). The lowest BCUT2D eigenvalue weighted by Crippen LogP contribution is -2.33. The van der Waals surface area contributed by atoms with Crippen molar-refractivity contribution in [3.05, 3.63) is 59.7 Å². The summed E-state index contributed by atoms with van der Waals surface area (Å²) in [5.74, 6) is 2.25. The second-order valence-corrected chi connectivity index (χ2v) is 6.86. The molecule has 0 spiro atoms. The van der Waals surface area contributed by atoms with E-state index in [2.05, 4.69) is 28.5 Å². The molecule has 5 nitrogen and oxygen atoms in total. The van der Waals surface area contributed by atoms with Crippen LogP contribution in [0.3, 0.4) is 0 Å². The van der Waals surface area contributed by atoms with Gasteiger partial charge in [0.05, 0.1) is 19.8 Å². The first-order valence-corrected chi connectivity index (χ1v) is 9.66. The highest BCUT2D eigenvalue weighted by Gasteiger charge is 2.17. The van der Waals surface area contributed by atoms with Gasteiger partial charge in [0.1, 0.15) is 11.5 Å². The van der Waals surface area contributed by atoms with E-state index in [0.717, 1.165) is 42.9 Å². The van der Waals surface area contributed by atoms with Crippen molar-refractivity contribution in [2.75, 3.05) is 13.7 Å². The van der Waals surface area contributed by atoms with E-state index in [1.165, 1.54) is 18.4 Å². The summed E-state index contributed by atoms with van der Waals surface area (Å²) < 4.78 is 11.3. The lowest BCUT2D eigenvalue weighted by Gasteiger charge is -2.15. The summed E-state index contributed by atoms with van der Waals surface area (Å²) in [5.41, 5.74) is 8.32. The van der Waals surface area contributed by atoms with Crippen LogP contribution >= 0.6 is 0 Å². The second kappa shape index (κ2) is 9.86. The average Bonchev–Trinajstić information content (AvgIpc) is 3.21. The van der Waals surface area contributed by atoms with E-state index in [1.54, 1.807) is 7.11 Å². The van der Waals surface area contributed by atoms with E-state index in [4.69, 9.17) is 15.2 Å². The molecule has 1 saturated carbocycles. The number of methoxy groups -OCH3 is 1. The maximum absolute atomic E-state index is 6.16. The average molecular weight is 367 g/mol. The number of nitrogens with two attached hydrogens (primary N) is 1. The van der Waals surface area contributed by atoms with Gasteiger partial charge in [-0.2, -0.15) is 0 Å². The van der Waals surface area contributed by atoms with Crippen molar-refractivity contribution in [3.8, 4) is 11.5 Å². The largest absolute Gasteiger partial charge is 0.497 e. The minimum atomic E-state index is 0.343. The van der Waals surface area contributed by atoms with E-state index >= 15 is 0 Å². The molecule has 27 heavy (non-hydrogen) atoms. The minimum absolute atomic E-state index is 0.343. The Balaban J connectivity index is 1.48. The van der Waals surface area contributed by atoms with Gasteiger partial charge in [-0.15, -0.1) is 0 Å². The Morgan fingerprint density at radius 2 is 1.85 bits per heavy atom. The Morgan fingerprint density at radius 1 is 1.11 bits per heavy atom. The third-order valence-corrected chi connectivity index (χ3v) is 4.87. The molecule has 3 rings (SSSR count). The molecule has 0 bridgehead atoms. The summed E-state index contributed by atoms with van der Waals surface area (Å²) in [7, 11) is 1.67. The Kier molecular flexibility index (Phi) is 6.97. The van der Waals surface area contributed by atoms with Gasteiger partial charge in [-0.25, -0.2) is 4.99 Å². The lowest BCUT2D eigenvalue weighted by molar-refractivity contribution is 0.208. The number of rotatable bonds is 8. The van der Waals surface area contributed by atoms with Crippen LogP contribution in [0.1, 0.15) is 36.8 Å². The van der Waals surface area contributed by atoms with Crippen molar-refractivity contribution in [3.63, 3.8) is 0 Å². The molecule has 1 aliphatic carbocycles. The molecular formula is C22H29N3O2. The van der Waals surface area contributed by atoms with Crippen molar-refractivity contribution < 1.29 is 9.47 Å². The molecule has 1 fully saturated rings. The fraction of sp³-hybridized carbons (Fsp3) is 0.409. The Hall–Kier alpha value is -2.69. The number of guanidine groups is 1. The lowest BCUT2D eigenvalue weighted by atomic mass is 10.1. The molecule has 1 aliphatic rings. The molecule has 5 heteroatoms.